The van der Waals surface area contributed by atoms with Crippen LogP contribution >= 0.6 is 0 Å². The topological polar surface area (TPSA) is 69.9 Å². The molecule has 0 aromatic carbocycles. The molecule has 1 aliphatic heterocycles. The van der Waals surface area contributed by atoms with Crippen LogP contribution in [0.1, 0.15) is 6.92 Å². The number of rotatable bonds is 0. The first-order chi connectivity index (χ1) is 4.13. The average molecular weight is 134 g/mol. The summed E-state index contributed by atoms with van der Waals surface area (Å²) in [5.41, 5.74) is 0. The third-order valence-electron chi connectivity index (χ3n) is 1.48. The van der Waals surface area contributed by atoms with Gasteiger partial charge in [0.1, 0.15) is 12.2 Å². The number of aliphatic hydroxyl groups is 3. The Labute approximate surface area is 52.7 Å². The van der Waals surface area contributed by atoms with Crippen LogP contribution in [0, 0.1) is 0 Å². The van der Waals surface area contributed by atoms with Crippen molar-refractivity contribution in [2.75, 3.05) is 0 Å². The van der Waals surface area contributed by atoms with Crippen LogP contribution in [0.25, 0.3) is 0 Å². The largest absolute Gasteiger partial charge is 0.388 e. The third kappa shape index (κ3) is 1.07. The van der Waals surface area contributed by atoms with Crippen molar-refractivity contribution in [3.05, 3.63) is 0 Å². The number of aliphatic hydroxyl groups excluding tert-OH is 3. The second-order valence-electron chi connectivity index (χ2n) is 2.21. The fourth-order valence-electron chi connectivity index (χ4n) is 0.827. The van der Waals surface area contributed by atoms with Crippen molar-refractivity contribution in [1.82, 2.24) is 0 Å². The third-order valence-corrected chi connectivity index (χ3v) is 1.48. The first-order valence-corrected chi connectivity index (χ1v) is 2.82. The summed E-state index contributed by atoms with van der Waals surface area (Å²) in [5.74, 6) is 0. The molecule has 2 unspecified atom stereocenters. The van der Waals surface area contributed by atoms with E-state index in [1.54, 1.807) is 6.92 Å². The SMILES string of the molecule is C[C@H]1OC(O)C(O)[C@@H]1O. The van der Waals surface area contributed by atoms with E-state index in [9.17, 15) is 0 Å². The molecule has 0 aromatic rings. The zero-order valence-electron chi connectivity index (χ0n) is 5.06. The Hall–Kier alpha value is -0.160. The molecule has 0 aromatic heterocycles. The van der Waals surface area contributed by atoms with Crippen LogP contribution in [0.3, 0.4) is 0 Å². The molecular weight excluding hydrogens is 124 g/mol. The highest BCUT2D eigenvalue weighted by Crippen LogP contribution is 2.18. The molecule has 0 bridgehead atoms. The molecule has 9 heavy (non-hydrogen) atoms. The smallest absolute Gasteiger partial charge is 0.183 e. The highest BCUT2D eigenvalue weighted by atomic mass is 16.6. The second kappa shape index (κ2) is 2.22. The summed E-state index contributed by atoms with van der Waals surface area (Å²) >= 11 is 0. The molecule has 1 rings (SSSR count). The van der Waals surface area contributed by atoms with E-state index < -0.39 is 24.6 Å². The molecule has 4 heteroatoms. The molecule has 0 amide bonds. The van der Waals surface area contributed by atoms with E-state index in [1.165, 1.54) is 0 Å². The molecule has 4 nitrogen and oxygen atoms in total. The zero-order valence-corrected chi connectivity index (χ0v) is 5.06. The van der Waals surface area contributed by atoms with Gasteiger partial charge in [0.2, 0.25) is 0 Å². The van der Waals surface area contributed by atoms with Crippen molar-refractivity contribution in [2.24, 2.45) is 0 Å². The second-order valence-corrected chi connectivity index (χ2v) is 2.21. The van der Waals surface area contributed by atoms with Gasteiger partial charge in [-0.2, -0.15) is 0 Å². The van der Waals surface area contributed by atoms with Gasteiger partial charge >= 0.3 is 0 Å². The fraction of sp³-hybridized carbons (Fsp3) is 1.00. The molecule has 1 saturated heterocycles. The van der Waals surface area contributed by atoms with Gasteiger partial charge in [0.25, 0.3) is 0 Å². The summed E-state index contributed by atoms with van der Waals surface area (Å²) in [5, 5.41) is 26.4. The Bertz CT molecular complexity index is 93.1. The van der Waals surface area contributed by atoms with Crippen LogP contribution in [0.2, 0.25) is 0 Å². The van der Waals surface area contributed by atoms with Gasteiger partial charge in [0.15, 0.2) is 6.29 Å². The molecule has 1 aliphatic rings. The molecule has 1 heterocycles. The molecule has 1 fully saturated rings. The molecule has 0 saturated carbocycles. The van der Waals surface area contributed by atoms with Gasteiger partial charge in [0, 0.05) is 0 Å². The highest BCUT2D eigenvalue weighted by Gasteiger charge is 2.38. The predicted octanol–water partition coefficient (Wildman–Crippen LogP) is -1.55. The van der Waals surface area contributed by atoms with Gasteiger partial charge < -0.3 is 20.1 Å². The number of hydrogen-bond donors (Lipinski definition) is 3. The van der Waals surface area contributed by atoms with E-state index in [-0.39, 0.29) is 0 Å². The van der Waals surface area contributed by atoms with Gasteiger partial charge in [-0.3, -0.25) is 0 Å². The number of hydrogen-bond acceptors (Lipinski definition) is 4. The van der Waals surface area contributed by atoms with Crippen LogP contribution in [0.15, 0.2) is 0 Å². The Kier molecular flexibility index (Phi) is 1.72. The predicted molar refractivity (Wildman–Crippen MR) is 28.6 cm³/mol. The van der Waals surface area contributed by atoms with Crippen LogP contribution < -0.4 is 0 Å². The Morgan fingerprint density at radius 2 is 1.67 bits per heavy atom. The Morgan fingerprint density at radius 1 is 1.11 bits per heavy atom. The van der Waals surface area contributed by atoms with E-state index in [4.69, 9.17) is 15.3 Å². The summed E-state index contributed by atoms with van der Waals surface area (Å²) in [4.78, 5) is 0. The first-order valence-electron chi connectivity index (χ1n) is 2.82. The quantitative estimate of drug-likeness (QED) is 0.375. The van der Waals surface area contributed by atoms with Crippen LogP contribution in [-0.4, -0.2) is 39.9 Å². The van der Waals surface area contributed by atoms with Crippen molar-refractivity contribution >= 4 is 0 Å². The standard InChI is InChI=1S/C5H10O4/c1-2-3(6)4(7)5(8)9-2/h2-8H,1H3/t2-,3-,4?,5?/m1/s1. The van der Waals surface area contributed by atoms with E-state index in [1.807, 2.05) is 0 Å². The van der Waals surface area contributed by atoms with Crippen molar-refractivity contribution in [2.45, 2.75) is 31.5 Å². The molecule has 54 valence electrons. The maximum atomic E-state index is 8.90. The lowest BCUT2D eigenvalue weighted by Gasteiger charge is -2.07. The summed E-state index contributed by atoms with van der Waals surface area (Å²) in [6.45, 7) is 1.59. The average Bonchev–Trinajstić information content (AvgIpc) is 1.98. The van der Waals surface area contributed by atoms with E-state index in [2.05, 4.69) is 4.74 Å². The van der Waals surface area contributed by atoms with Gasteiger partial charge in [-0.25, -0.2) is 0 Å². The normalized spacial score (nSPS) is 52.0. The van der Waals surface area contributed by atoms with Crippen molar-refractivity contribution < 1.29 is 20.1 Å². The van der Waals surface area contributed by atoms with Crippen LogP contribution in [-0.2, 0) is 4.74 Å². The van der Waals surface area contributed by atoms with Crippen LogP contribution in [0.5, 0.6) is 0 Å². The van der Waals surface area contributed by atoms with E-state index in [0.717, 1.165) is 0 Å². The minimum absolute atomic E-state index is 0.477. The molecular formula is C5H10O4. The minimum atomic E-state index is -1.23. The van der Waals surface area contributed by atoms with Gasteiger partial charge in [-0.05, 0) is 6.92 Å². The zero-order chi connectivity index (χ0) is 7.02. The van der Waals surface area contributed by atoms with Gasteiger partial charge in [-0.15, -0.1) is 0 Å². The summed E-state index contributed by atoms with van der Waals surface area (Å²) in [6.07, 6.45) is -3.81. The maximum absolute atomic E-state index is 8.90. The highest BCUT2D eigenvalue weighted by molar-refractivity contribution is 4.82. The van der Waals surface area contributed by atoms with E-state index >= 15 is 0 Å². The monoisotopic (exact) mass is 134 g/mol. The lowest BCUT2D eigenvalue weighted by Crippen LogP contribution is -2.31. The van der Waals surface area contributed by atoms with Crippen molar-refractivity contribution in [3.8, 4) is 0 Å². The maximum Gasteiger partial charge on any atom is 0.183 e. The first kappa shape index (κ1) is 6.95. The lowest BCUT2D eigenvalue weighted by atomic mass is 10.2. The summed E-state index contributed by atoms with van der Waals surface area (Å²) < 4.78 is 4.64. The van der Waals surface area contributed by atoms with Gasteiger partial charge in [0.05, 0.1) is 6.10 Å². The summed E-state index contributed by atoms with van der Waals surface area (Å²) in [7, 11) is 0. The van der Waals surface area contributed by atoms with Crippen LogP contribution in [0.4, 0.5) is 0 Å². The fourth-order valence-corrected chi connectivity index (χ4v) is 0.827. The van der Waals surface area contributed by atoms with Crippen molar-refractivity contribution in [3.63, 3.8) is 0 Å². The molecule has 3 N–H and O–H groups in total. The van der Waals surface area contributed by atoms with E-state index in [0.29, 0.717) is 0 Å². The van der Waals surface area contributed by atoms with Crippen molar-refractivity contribution in [1.29, 1.82) is 0 Å². The Balaban J connectivity index is 2.54. The lowest BCUT2D eigenvalue weighted by molar-refractivity contribution is -0.124. The molecule has 0 radical (unpaired) electrons. The molecule has 4 atom stereocenters. The summed E-state index contributed by atoms with van der Waals surface area (Å²) in [6, 6.07) is 0. The molecule has 0 aliphatic carbocycles. The number of ether oxygens (including phenoxy) is 1. The molecule has 0 spiro atoms. The Morgan fingerprint density at radius 3 is 1.78 bits per heavy atom. The minimum Gasteiger partial charge on any atom is -0.388 e. The van der Waals surface area contributed by atoms with Gasteiger partial charge in [-0.1, -0.05) is 0 Å².